The Morgan fingerprint density at radius 3 is 2.33 bits per heavy atom. The van der Waals surface area contributed by atoms with Gasteiger partial charge in [0.25, 0.3) is 0 Å². The number of para-hydroxylation sites is 1. The minimum Gasteiger partial charge on any atom is -0.462 e. The molecule has 106 valence electrons. The number of ether oxygens (including phenoxy) is 1. The second-order valence-corrected chi connectivity index (χ2v) is 5.32. The highest BCUT2D eigenvalue weighted by molar-refractivity contribution is 5.78. The lowest BCUT2D eigenvalue weighted by atomic mass is 9.91. The molecule has 2 aliphatic heterocycles. The Balaban J connectivity index is 1.78. The van der Waals surface area contributed by atoms with Gasteiger partial charge in [-0.05, 0) is 17.7 Å². The minimum atomic E-state index is -0.271. The fourth-order valence-corrected chi connectivity index (χ4v) is 3.09. The monoisotopic (exact) mass is 281 g/mol. The van der Waals surface area contributed by atoms with E-state index in [2.05, 4.69) is 0 Å². The van der Waals surface area contributed by atoms with Crippen LogP contribution >= 0.6 is 0 Å². The van der Waals surface area contributed by atoms with Crippen molar-refractivity contribution in [3.63, 3.8) is 0 Å². The zero-order valence-electron chi connectivity index (χ0n) is 11.4. The number of fused-ring (bicyclic) bond motifs is 1. The van der Waals surface area contributed by atoms with E-state index in [9.17, 15) is 4.79 Å². The van der Waals surface area contributed by atoms with Gasteiger partial charge < -0.3 is 4.74 Å². The third-order valence-electron chi connectivity index (χ3n) is 4.06. The number of hydrogen-bond donors (Lipinski definition) is 0. The highest BCUT2D eigenvalue weighted by Gasteiger charge is 2.53. The fourth-order valence-electron chi connectivity index (χ4n) is 3.09. The van der Waals surface area contributed by atoms with Gasteiger partial charge in [-0.3, -0.25) is 9.63 Å². The predicted molar refractivity (Wildman–Crippen MR) is 77.4 cm³/mol. The van der Waals surface area contributed by atoms with E-state index in [1.54, 1.807) is 0 Å². The fraction of sp³-hybridized carbons (Fsp3) is 0.235. The normalized spacial score (nSPS) is 27.5. The van der Waals surface area contributed by atoms with Gasteiger partial charge in [0.05, 0.1) is 11.7 Å². The summed E-state index contributed by atoms with van der Waals surface area (Å²) in [4.78, 5) is 18.1. The van der Waals surface area contributed by atoms with Crippen LogP contribution in [0.15, 0.2) is 60.7 Å². The Morgan fingerprint density at radius 2 is 1.62 bits per heavy atom. The molecule has 0 bridgehead atoms. The SMILES string of the molecule is O=C1OCC2ON(c3ccccc3)C(c3ccccc3)C12. The smallest absolute Gasteiger partial charge is 0.314 e. The van der Waals surface area contributed by atoms with Crippen LogP contribution in [0, 0.1) is 5.92 Å². The Hall–Kier alpha value is -2.33. The first-order valence-electron chi connectivity index (χ1n) is 7.07. The minimum absolute atomic E-state index is 0.145. The Kier molecular flexibility index (Phi) is 2.89. The van der Waals surface area contributed by atoms with E-state index in [1.165, 1.54) is 0 Å². The number of hydroxylamine groups is 1. The molecule has 4 nitrogen and oxygen atoms in total. The van der Waals surface area contributed by atoms with E-state index >= 15 is 0 Å². The van der Waals surface area contributed by atoms with Crippen LogP contribution in [0.2, 0.25) is 0 Å². The van der Waals surface area contributed by atoms with Crippen LogP contribution < -0.4 is 5.06 Å². The largest absolute Gasteiger partial charge is 0.462 e. The van der Waals surface area contributed by atoms with Gasteiger partial charge >= 0.3 is 5.97 Å². The number of anilines is 1. The molecule has 2 heterocycles. The maximum atomic E-state index is 12.1. The first kappa shape index (κ1) is 12.4. The molecular formula is C17H15NO3. The molecular weight excluding hydrogens is 266 g/mol. The number of cyclic esters (lactones) is 1. The summed E-state index contributed by atoms with van der Waals surface area (Å²) in [5, 5.41) is 1.85. The van der Waals surface area contributed by atoms with Gasteiger partial charge in [0.15, 0.2) is 0 Å². The number of hydrogen-bond acceptors (Lipinski definition) is 4. The molecule has 3 unspecified atom stereocenters. The Morgan fingerprint density at radius 1 is 0.952 bits per heavy atom. The summed E-state index contributed by atoms with van der Waals surface area (Å²) in [6, 6.07) is 19.7. The van der Waals surface area contributed by atoms with Gasteiger partial charge in [-0.25, -0.2) is 5.06 Å². The van der Waals surface area contributed by atoms with E-state index in [0.717, 1.165) is 11.3 Å². The molecule has 2 aromatic carbocycles. The highest BCUT2D eigenvalue weighted by atomic mass is 16.7. The lowest BCUT2D eigenvalue weighted by molar-refractivity contribution is -0.141. The van der Waals surface area contributed by atoms with E-state index in [1.807, 2.05) is 65.7 Å². The second kappa shape index (κ2) is 4.90. The molecule has 0 aromatic heterocycles. The van der Waals surface area contributed by atoms with Crippen molar-refractivity contribution in [2.24, 2.45) is 5.92 Å². The highest BCUT2D eigenvalue weighted by Crippen LogP contribution is 2.45. The molecule has 0 radical (unpaired) electrons. The van der Waals surface area contributed by atoms with Crippen molar-refractivity contribution >= 4 is 11.7 Å². The summed E-state index contributed by atoms with van der Waals surface area (Å²) in [6.45, 7) is 0.330. The van der Waals surface area contributed by atoms with Gasteiger partial charge in [0.2, 0.25) is 0 Å². The molecule has 0 spiro atoms. The topological polar surface area (TPSA) is 38.8 Å². The van der Waals surface area contributed by atoms with Gasteiger partial charge in [-0.2, -0.15) is 0 Å². The van der Waals surface area contributed by atoms with Crippen molar-refractivity contribution in [1.29, 1.82) is 0 Å². The number of carbonyl (C=O) groups excluding carboxylic acids is 1. The first-order chi connectivity index (χ1) is 10.3. The van der Waals surface area contributed by atoms with Gasteiger partial charge in [-0.15, -0.1) is 0 Å². The summed E-state index contributed by atoms with van der Waals surface area (Å²) in [5.41, 5.74) is 2.02. The first-order valence-corrected chi connectivity index (χ1v) is 7.07. The van der Waals surface area contributed by atoms with E-state index in [4.69, 9.17) is 9.57 Å². The van der Waals surface area contributed by atoms with Crippen molar-refractivity contribution in [1.82, 2.24) is 0 Å². The third kappa shape index (κ3) is 1.99. The molecule has 0 amide bonds. The van der Waals surface area contributed by atoms with Crippen molar-refractivity contribution in [3.05, 3.63) is 66.2 Å². The Bertz CT molecular complexity index is 644. The molecule has 2 aliphatic rings. The Labute approximate surface area is 122 Å². The number of nitrogens with zero attached hydrogens (tertiary/aromatic N) is 1. The maximum Gasteiger partial charge on any atom is 0.314 e. The zero-order chi connectivity index (χ0) is 14.2. The number of rotatable bonds is 2. The van der Waals surface area contributed by atoms with Gasteiger partial charge in [-0.1, -0.05) is 48.5 Å². The van der Waals surface area contributed by atoms with Crippen LogP contribution in [-0.4, -0.2) is 18.7 Å². The van der Waals surface area contributed by atoms with Crippen LogP contribution in [0.4, 0.5) is 5.69 Å². The predicted octanol–water partition coefficient (Wildman–Crippen LogP) is 2.72. The number of carbonyl (C=O) groups is 1. The zero-order valence-corrected chi connectivity index (χ0v) is 11.4. The molecule has 0 aliphatic carbocycles. The number of benzene rings is 2. The average Bonchev–Trinajstić information content (AvgIpc) is 3.09. The van der Waals surface area contributed by atoms with Crippen LogP contribution in [0.3, 0.4) is 0 Å². The molecule has 3 atom stereocenters. The van der Waals surface area contributed by atoms with Crippen LogP contribution in [0.25, 0.3) is 0 Å². The molecule has 2 saturated heterocycles. The van der Waals surface area contributed by atoms with Crippen molar-refractivity contribution in [2.75, 3.05) is 11.7 Å². The van der Waals surface area contributed by atoms with Gasteiger partial charge in [0, 0.05) is 0 Å². The average molecular weight is 281 g/mol. The van der Waals surface area contributed by atoms with Crippen molar-refractivity contribution < 1.29 is 14.4 Å². The lowest BCUT2D eigenvalue weighted by Gasteiger charge is -2.27. The standard InChI is InChI=1S/C17H15NO3/c19-17-15-14(11-20-17)21-18(13-9-5-2-6-10-13)16(15)12-7-3-1-4-8-12/h1-10,14-16H,11H2. The molecule has 2 fully saturated rings. The molecule has 0 N–H and O–H groups in total. The molecule has 21 heavy (non-hydrogen) atoms. The molecule has 4 rings (SSSR count). The van der Waals surface area contributed by atoms with Crippen molar-refractivity contribution in [3.8, 4) is 0 Å². The van der Waals surface area contributed by atoms with Crippen LogP contribution in [-0.2, 0) is 14.4 Å². The summed E-state index contributed by atoms with van der Waals surface area (Å²) >= 11 is 0. The molecule has 0 saturated carbocycles. The summed E-state index contributed by atoms with van der Waals surface area (Å²) in [6.07, 6.45) is -0.206. The second-order valence-electron chi connectivity index (χ2n) is 5.32. The van der Waals surface area contributed by atoms with Gasteiger partial charge in [0.1, 0.15) is 18.6 Å². The lowest BCUT2D eigenvalue weighted by Crippen LogP contribution is -2.27. The van der Waals surface area contributed by atoms with E-state index < -0.39 is 0 Å². The van der Waals surface area contributed by atoms with Crippen LogP contribution in [0.1, 0.15) is 11.6 Å². The maximum absolute atomic E-state index is 12.1. The van der Waals surface area contributed by atoms with E-state index in [0.29, 0.717) is 6.61 Å². The third-order valence-corrected chi connectivity index (χ3v) is 4.06. The summed E-state index contributed by atoms with van der Waals surface area (Å²) in [7, 11) is 0. The molecule has 2 aromatic rings. The summed E-state index contributed by atoms with van der Waals surface area (Å²) in [5.74, 6) is -0.445. The van der Waals surface area contributed by atoms with Crippen LogP contribution in [0.5, 0.6) is 0 Å². The quantitative estimate of drug-likeness (QED) is 0.793. The number of esters is 1. The summed E-state index contributed by atoms with van der Waals surface area (Å²) < 4.78 is 5.17. The van der Waals surface area contributed by atoms with E-state index in [-0.39, 0.29) is 24.0 Å². The molecule has 4 heteroatoms. The van der Waals surface area contributed by atoms with Crippen molar-refractivity contribution in [2.45, 2.75) is 12.1 Å².